The average molecular weight is 1120 g/mol. The number of aromatic nitrogens is 3. The van der Waals surface area contributed by atoms with Gasteiger partial charge in [0, 0.05) is 50.8 Å². The summed E-state index contributed by atoms with van der Waals surface area (Å²) in [5.74, 6) is 2.87. The summed E-state index contributed by atoms with van der Waals surface area (Å²) in [6.07, 6.45) is 12.5. The Morgan fingerprint density at radius 2 is 0.575 bits per heavy atom. The zero-order valence-electron chi connectivity index (χ0n) is 48.9. The molecular formula is C81H66BN5. The predicted molar refractivity (Wildman–Crippen MR) is 364 cm³/mol. The van der Waals surface area contributed by atoms with Crippen LogP contribution in [0.2, 0.25) is 0 Å². The highest BCUT2D eigenvalue weighted by Gasteiger charge is 2.45. The van der Waals surface area contributed by atoms with Crippen molar-refractivity contribution in [2.24, 2.45) is 0 Å². The van der Waals surface area contributed by atoms with Gasteiger partial charge in [-0.15, -0.1) is 0 Å². The van der Waals surface area contributed by atoms with Crippen LogP contribution in [0.5, 0.6) is 0 Å². The summed E-state index contributed by atoms with van der Waals surface area (Å²) in [5, 5.41) is 0. The summed E-state index contributed by atoms with van der Waals surface area (Å²) in [5.41, 5.74) is 25.7. The number of rotatable bonds is 11. The summed E-state index contributed by atoms with van der Waals surface area (Å²) in [6, 6.07) is 99.1. The molecule has 418 valence electrons. The second-order valence-corrected chi connectivity index (χ2v) is 24.4. The summed E-state index contributed by atoms with van der Waals surface area (Å²) >= 11 is 0. The number of anilines is 6. The van der Waals surface area contributed by atoms with E-state index in [2.05, 4.69) is 277 Å². The van der Waals surface area contributed by atoms with Crippen molar-refractivity contribution in [2.45, 2.75) is 76.0 Å². The SMILES string of the molecule is c1ccc(-c2cc(-c3ccccc3)cc(N3c4cc(C5CCCCC5)ccc4B4c5ccc(C6CCCCC6)cc5N(c5cc(-c6ccccc6)cc(-c6ccccc6)c5)c5cc(-c6nc(-c7ccccc7)nc(-c7ccccc7)n6)cc3c54)c2)cc1. The number of fused-ring (bicyclic) bond motifs is 4. The van der Waals surface area contributed by atoms with Crippen LogP contribution in [0.3, 0.4) is 0 Å². The quantitative estimate of drug-likeness (QED) is 0.121. The van der Waals surface area contributed by atoms with Crippen molar-refractivity contribution < 1.29 is 0 Å². The van der Waals surface area contributed by atoms with E-state index in [1.54, 1.807) is 0 Å². The van der Waals surface area contributed by atoms with Gasteiger partial charge in [0.15, 0.2) is 17.5 Å². The first kappa shape index (κ1) is 52.6. The molecular weight excluding hydrogens is 1050 g/mol. The molecule has 2 saturated carbocycles. The molecule has 4 aliphatic rings. The smallest absolute Gasteiger partial charge is 0.252 e. The Hall–Kier alpha value is -9.91. The van der Waals surface area contributed by atoms with Crippen LogP contribution in [0.15, 0.2) is 267 Å². The van der Waals surface area contributed by atoms with Crippen molar-refractivity contribution in [1.29, 1.82) is 0 Å². The van der Waals surface area contributed by atoms with E-state index in [1.165, 1.54) is 125 Å². The van der Waals surface area contributed by atoms with Crippen LogP contribution in [0.4, 0.5) is 34.1 Å². The van der Waals surface area contributed by atoms with Crippen molar-refractivity contribution in [1.82, 2.24) is 15.0 Å². The fourth-order valence-electron chi connectivity index (χ4n) is 14.7. The summed E-state index contributed by atoms with van der Waals surface area (Å²) in [6.45, 7) is -0.0997. The molecule has 2 fully saturated rings. The van der Waals surface area contributed by atoms with Gasteiger partial charge in [0.2, 0.25) is 0 Å². The summed E-state index contributed by atoms with van der Waals surface area (Å²) in [7, 11) is 0. The molecule has 0 atom stereocenters. The van der Waals surface area contributed by atoms with Crippen molar-refractivity contribution in [2.75, 3.05) is 9.80 Å². The van der Waals surface area contributed by atoms with Gasteiger partial charge in [-0.2, -0.15) is 0 Å². The van der Waals surface area contributed by atoms with E-state index in [9.17, 15) is 0 Å². The van der Waals surface area contributed by atoms with Gasteiger partial charge in [-0.25, -0.2) is 15.0 Å². The first-order chi connectivity index (χ1) is 43.1. The standard InChI is InChI=1S/C81H66BN5/c1-9-25-55(26-10-1)63-41-43-72-74(51-63)86(70-47-65(57-29-13-3-14-30-57)45-66(48-70)58-31-15-4-16-32-58)76-53-69(81-84-79(61-37-21-7-22-38-61)83-80(85-81)62-39-23-8-24-40-62)54-77-78(76)82(72)73-44-42-64(56-27-11-2-12-28-56)52-75(73)87(77)71-49-67(59-33-17-5-18-34-59)46-68(50-71)60-35-19-6-20-36-60/h3-8,13-24,29-56H,1-2,9-12,25-28H2. The van der Waals surface area contributed by atoms with Crippen molar-refractivity contribution in [3.63, 3.8) is 0 Å². The van der Waals surface area contributed by atoms with Crippen molar-refractivity contribution >= 4 is 57.2 Å². The molecule has 12 aromatic rings. The maximum atomic E-state index is 5.55. The Balaban J connectivity index is 1.04. The molecule has 0 radical (unpaired) electrons. The molecule has 6 heteroatoms. The summed E-state index contributed by atoms with van der Waals surface area (Å²) < 4.78 is 0. The lowest BCUT2D eigenvalue weighted by atomic mass is 9.33. The van der Waals surface area contributed by atoms with Crippen LogP contribution < -0.4 is 26.2 Å². The minimum absolute atomic E-state index is 0.0997. The van der Waals surface area contributed by atoms with E-state index in [1.807, 2.05) is 0 Å². The van der Waals surface area contributed by atoms with E-state index in [4.69, 9.17) is 15.0 Å². The molecule has 87 heavy (non-hydrogen) atoms. The second-order valence-electron chi connectivity index (χ2n) is 24.4. The largest absolute Gasteiger partial charge is 0.311 e. The summed E-state index contributed by atoms with van der Waals surface area (Å²) in [4.78, 5) is 21.6. The lowest BCUT2D eigenvalue weighted by Crippen LogP contribution is -2.61. The van der Waals surface area contributed by atoms with Crippen LogP contribution >= 0.6 is 0 Å². The fraction of sp³-hybridized carbons (Fsp3) is 0.148. The highest BCUT2D eigenvalue weighted by atomic mass is 15.2. The molecule has 3 heterocycles. The maximum absolute atomic E-state index is 5.55. The van der Waals surface area contributed by atoms with Crippen LogP contribution in [0, 0.1) is 0 Å². The molecule has 2 aliphatic carbocycles. The maximum Gasteiger partial charge on any atom is 0.252 e. The van der Waals surface area contributed by atoms with Gasteiger partial charge in [-0.05, 0) is 170 Å². The number of nitrogens with zero attached hydrogens (tertiary/aromatic N) is 5. The third-order valence-electron chi connectivity index (χ3n) is 19.0. The number of hydrogen-bond donors (Lipinski definition) is 0. The van der Waals surface area contributed by atoms with E-state index in [0.717, 1.165) is 61.7 Å². The Labute approximate surface area is 511 Å². The second kappa shape index (κ2) is 22.8. The van der Waals surface area contributed by atoms with Crippen LogP contribution in [-0.4, -0.2) is 21.7 Å². The lowest BCUT2D eigenvalue weighted by molar-refractivity contribution is 0.444. The van der Waals surface area contributed by atoms with Gasteiger partial charge in [-0.3, -0.25) is 0 Å². The molecule has 0 spiro atoms. The fourth-order valence-corrected chi connectivity index (χ4v) is 14.7. The normalized spacial score (nSPS) is 14.7. The molecule has 0 N–H and O–H groups in total. The minimum atomic E-state index is -0.0997. The zero-order chi connectivity index (χ0) is 57.6. The highest BCUT2D eigenvalue weighted by molar-refractivity contribution is 7.00. The molecule has 1 aromatic heterocycles. The lowest BCUT2D eigenvalue weighted by Gasteiger charge is -2.45. The predicted octanol–water partition coefficient (Wildman–Crippen LogP) is 19.7. The average Bonchev–Trinajstić information content (AvgIpc) is 1.23. The van der Waals surface area contributed by atoms with Crippen LogP contribution in [-0.2, 0) is 0 Å². The Kier molecular flexibility index (Phi) is 13.8. The zero-order valence-corrected chi connectivity index (χ0v) is 48.9. The molecule has 0 bridgehead atoms. The van der Waals surface area contributed by atoms with Crippen molar-refractivity contribution in [3.8, 4) is 78.7 Å². The Morgan fingerprint density at radius 3 is 0.908 bits per heavy atom. The van der Waals surface area contributed by atoms with Crippen molar-refractivity contribution in [3.05, 3.63) is 278 Å². The first-order valence-electron chi connectivity index (χ1n) is 31.6. The molecule has 0 saturated heterocycles. The van der Waals surface area contributed by atoms with Crippen LogP contribution in [0.1, 0.15) is 87.2 Å². The van der Waals surface area contributed by atoms with E-state index in [0.29, 0.717) is 29.3 Å². The third kappa shape index (κ3) is 10.0. The van der Waals surface area contributed by atoms with E-state index >= 15 is 0 Å². The molecule has 5 nitrogen and oxygen atoms in total. The van der Waals surface area contributed by atoms with Gasteiger partial charge < -0.3 is 9.80 Å². The molecule has 0 amide bonds. The number of benzene rings is 11. The molecule has 2 aliphatic heterocycles. The molecule has 11 aromatic carbocycles. The van der Waals surface area contributed by atoms with Gasteiger partial charge >= 0.3 is 0 Å². The molecule has 16 rings (SSSR count). The van der Waals surface area contributed by atoms with Gasteiger partial charge in [0.1, 0.15) is 0 Å². The first-order valence-corrected chi connectivity index (χ1v) is 31.6. The van der Waals surface area contributed by atoms with Crippen LogP contribution in [0.25, 0.3) is 78.7 Å². The van der Waals surface area contributed by atoms with E-state index < -0.39 is 0 Å². The van der Waals surface area contributed by atoms with Gasteiger partial charge in [0.25, 0.3) is 6.71 Å². The van der Waals surface area contributed by atoms with Gasteiger partial charge in [0.05, 0.1) is 0 Å². The third-order valence-corrected chi connectivity index (χ3v) is 19.0. The number of hydrogen-bond acceptors (Lipinski definition) is 5. The minimum Gasteiger partial charge on any atom is -0.311 e. The topological polar surface area (TPSA) is 45.2 Å². The van der Waals surface area contributed by atoms with Gasteiger partial charge in [-0.1, -0.05) is 245 Å². The highest BCUT2D eigenvalue weighted by Crippen LogP contribution is 2.50. The monoisotopic (exact) mass is 1120 g/mol. The van der Waals surface area contributed by atoms with E-state index in [-0.39, 0.29) is 6.71 Å². The molecule has 0 unspecified atom stereocenters. The Bertz CT molecular complexity index is 4070. The Morgan fingerprint density at radius 1 is 0.264 bits per heavy atom.